The molecule has 1 amide bonds. The Morgan fingerprint density at radius 1 is 1.21 bits per heavy atom. The molecule has 7 nitrogen and oxygen atoms in total. The highest BCUT2D eigenvalue weighted by Crippen LogP contribution is 2.28. The number of hydrogen-bond acceptors (Lipinski definition) is 4. The van der Waals surface area contributed by atoms with Crippen molar-refractivity contribution in [2.24, 2.45) is 10.9 Å². The molecule has 158 valence electrons. The number of rotatable bonds is 10. The van der Waals surface area contributed by atoms with E-state index in [9.17, 15) is 18.7 Å². The predicted octanol–water partition coefficient (Wildman–Crippen LogP) is 2.02. The second-order valence-corrected chi connectivity index (χ2v) is 6.18. The van der Waals surface area contributed by atoms with Crippen molar-refractivity contribution in [1.82, 2.24) is 16.0 Å². The number of nitrogens with zero attached hydrogens (tertiary/aromatic N) is 1. The molecule has 1 atom stereocenters. The fourth-order valence-corrected chi connectivity index (χ4v) is 2.35. The van der Waals surface area contributed by atoms with Crippen LogP contribution in [-0.4, -0.2) is 49.8 Å². The molecule has 1 aromatic carbocycles. The molecule has 1 fully saturated rings. The van der Waals surface area contributed by atoms with Crippen LogP contribution in [0.15, 0.2) is 29.3 Å². The summed E-state index contributed by atoms with van der Waals surface area (Å²) in [7, 11) is 0. The minimum atomic E-state index is -2.88. The van der Waals surface area contributed by atoms with Gasteiger partial charge in [-0.3, -0.25) is 9.79 Å². The Balaban J connectivity index is 0.00000392. The SMILES string of the molecule is CCNC(=NCC(O)c1ccc(OC(F)F)cc1)NCCNC(=O)C1CC1.I. The Kier molecular flexibility index (Phi) is 11.0. The van der Waals surface area contributed by atoms with Crippen molar-refractivity contribution in [2.45, 2.75) is 32.5 Å². The predicted molar refractivity (Wildman–Crippen MR) is 113 cm³/mol. The normalized spacial score (nSPS) is 14.8. The summed E-state index contributed by atoms with van der Waals surface area (Å²) in [5, 5.41) is 19.2. The molecule has 1 aliphatic rings. The third kappa shape index (κ3) is 9.00. The Labute approximate surface area is 180 Å². The van der Waals surface area contributed by atoms with Gasteiger partial charge < -0.3 is 25.8 Å². The quantitative estimate of drug-likeness (QED) is 0.167. The number of nitrogens with one attached hydrogen (secondary N) is 3. The molecule has 0 aliphatic heterocycles. The van der Waals surface area contributed by atoms with Crippen LogP contribution in [0.3, 0.4) is 0 Å². The van der Waals surface area contributed by atoms with Crippen molar-refractivity contribution in [3.8, 4) is 5.75 Å². The molecule has 0 aromatic heterocycles. The van der Waals surface area contributed by atoms with Gasteiger partial charge in [0.15, 0.2) is 5.96 Å². The van der Waals surface area contributed by atoms with E-state index in [2.05, 4.69) is 25.7 Å². The third-order valence-electron chi connectivity index (χ3n) is 3.92. The monoisotopic (exact) mass is 512 g/mol. The smallest absolute Gasteiger partial charge is 0.387 e. The molecular weight excluding hydrogens is 485 g/mol. The van der Waals surface area contributed by atoms with Gasteiger partial charge >= 0.3 is 6.61 Å². The molecule has 0 radical (unpaired) electrons. The Hall–Kier alpha value is -1.69. The number of aliphatic hydroxyl groups excluding tert-OH is 1. The average Bonchev–Trinajstić information content (AvgIpc) is 3.48. The van der Waals surface area contributed by atoms with Gasteiger partial charge in [-0.1, -0.05) is 12.1 Å². The number of amides is 1. The Morgan fingerprint density at radius 3 is 2.43 bits per heavy atom. The number of guanidine groups is 1. The van der Waals surface area contributed by atoms with Crippen LogP contribution in [0.5, 0.6) is 5.75 Å². The lowest BCUT2D eigenvalue weighted by molar-refractivity contribution is -0.122. The molecule has 0 bridgehead atoms. The summed E-state index contributed by atoms with van der Waals surface area (Å²) in [4.78, 5) is 15.9. The van der Waals surface area contributed by atoms with Gasteiger partial charge in [0.05, 0.1) is 12.6 Å². The number of alkyl halides is 2. The molecule has 10 heteroatoms. The maximum absolute atomic E-state index is 12.1. The minimum absolute atomic E-state index is 0. The van der Waals surface area contributed by atoms with Crippen molar-refractivity contribution in [1.29, 1.82) is 0 Å². The maximum atomic E-state index is 12.1. The van der Waals surface area contributed by atoms with Crippen molar-refractivity contribution >= 4 is 35.8 Å². The zero-order valence-corrected chi connectivity index (χ0v) is 18.0. The van der Waals surface area contributed by atoms with Gasteiger partial charge in [0, 0.05) is 25.6 Å². The molecule has 4 N–H and O–H groups in total. The van der Waals surface area contributed by atoms with Gasteiger partial charge in [0.2, 0.25) is 5.91 Å². The number of carbonyl (C=O) groups is 1. The first-order chi connectivity index (χ1) is 13.0. The molecule has 1 aliphatic carbocycles. The molecule has 1 aromatic rings. The van der Waals surface area contributed by atoms with Crippen LogP contribution in [0.25, 0.3) is 0 Å². The van der Waals surface area contributed by atoms with E-state index >= 15 is 0 Å². The molecule has 1 unspecified atom stereocenters. The summed E-state index contributed by atoms with van der Waals surface area (Å²) in [6.07, 6.45) is 1.06. The highest BCUT2D eigenvalue weighted by molar-refractivity contribution is 14.0. The van der Waals surface area contributed by atoms with E-state index in [1.165, 1.54) is 24.3 Å². The van der Waals surface area contributed by atoms with Gasteiger partial charge in [-0.05, 0) is 37.5 Å². The maximum Gasteiger partial charge on any atom is 0.387 e. The van der Waals surface area contributed by atoms with Gasteiger partial charge in [-0.25, -0.2) is 0 Å². The van der Waals surface area contributed by atoms with Crippen LogP contribution in [0.4, 0.5) is 8.78 Å². The van der Waals surface area contributed by atoms with Crippen molar-refractivity contribution in [3.63, 3.8) is 0 Å². The van der Waals surface area contributed by atoms with Crippen molar-refractivity contribution < 1.29 is 23.4 Å². The molecule has 0 spiro atoms. The molecule has 0 heterocycles. The van der Waals surface area contributed by atoms with Gasteiger partial charge in [-0.15, -0.1) is 24.0 Å². The second kappa shape index (κ2) is 12.7. The standard InChI is InChI=1S/C18H26F2N4O3.HI/c1-2-21-18(23-10-9-22-16(26)13-3-4-13)24-11-15(25)12-5-7-14(8-6-12)27-17(19)20;/h5-8,13,15,17,25H,2-4,9-11H2,1H3,(H,22,26)(H2,21,23,24);1H. The molecule has 0 saturated heterocycles. The average molecular weight is 512 g/mol. The number of aliphatic imine (C=N–C) groups is 1. The molecular formula is C18H27F2IN4O3. The van der Waals surface area contributed by atoms with E-state index in [1.807, 2.05) is 6.92 Å². The minimum Gasteiger partial charge on any atom is -0.435 e. The van der Waals surface area contributed by atoms with Crippen LogP contribution in [-0.2, 0) is 4.79 Å². The molecule has 1 saturated carbocycles. The highest BCUT2D eigenvalue weighted by atomic mass is 127. The van der Waals surface area contributed by atoms with Crippen molar-refractivity contribution in [3.05, 3.63) is 29.8 Å². The number of carbonyl (C=O) groups excluding carboxylic acids is 1. The molecule has 28 heavy (non-hydrogen) atoms. The van der Waals surface area contributed by atoms with E-state index < -0.39 is 12.7 Å². The summed E-state index contributed by atoms with van der Waals surface area (Å²) in [5.74, 6) is 0.829. The van der Waals surface area contributed by atoms with E-state index in [4.69, 9.17) is 0 Å². The van der Waals surface area contributed by atoms with E-state index in [-0.39, 0.29) is 48.1 Å². The van der Waals surface area contributed by atoms with E-state index in [0.29, 0.717) is 31.2 Å². The lowest BCUT2D eigenvalue weighted by Gasteiger charge is -2.14. The fraction of sp³-hybridized carbons (Fsp3) is 0.556. The first-order valence-corrected chi connectivity index (χ1v) is 9.02. The van der Waals surface area contributed by atoms with Crippen LogP contribution in [0.1, 0.15) is 31.4 Å². The van der Waals surface area contributed by atoms with Gasteiger partial charge in [0.25, 0.3) is 0 Å². The fourth-order valence-electron chi connectivity index (χ4n) is 2.35. The van der Waals surface area contributed by atoms with Crippen molar-refractivity contribution in [2.75, 3.05) is 26.2 Å². The lowest BCUT2D eigenvalue weighted by Crippen LogP contribution is -2.42. The van der Waals surface area contributed by atoms with Crippen LogP contribution >= 0.6 is 24.0 Å². The number of halogens is 3. The summed E-state index contributed by atoms with van der Waals surface area (Å²) in [6, 6.07) is 5.79. The number of ether oxygens (including phenoxy) is 1. The Bertz CT molecular complexity index is 628. The number of hydrogen-bond donors (Lipinski definition) is 4. The first-order valence-electron chi connectivity index (χ1n) is 9.02. The largest absolute Gasteiger partial charge is 0.435 e. The van der Waals surface area contributed by atoms with Crippen LogP contribution in [0, 0.1) is 5.92 Å². The first kappa shape index (κ1) is 24.3. The van der Waals surface area contributed by atoms with E-state index in [0.717, 1.165) is 12.8 Å². The topological polar surface area (TPSA) is 95.0 Å². The highest BCUT2D eigenvalue weighted by Gasteiger charge is 2.28. The summed E-state index contributed by atoms with van der Waals surface area (Å²) in [6.45, 7) is 0.792. The van der Waals surface area contributed by atoms with Crippen LogP contribution in [0.2, 0.25) is 0 Å². The molecule has 2 rings (SSSR count). The zero-order chi connectivity index (χ0) is 19.6. The number of benzene rings is 1. The summed E-state index contributed by atoms with van der Waals surface area (Å²) in [5.41, 5.74) is 0.549. The summed E-state index contributed by atoms with van der Waals surface area (Å²) < 4.78 is 28.6. The Morgan fingerprint density at radius 2 is 1.86 bits per heavy atom. The van der Waals surface area contributed by atoms with E-state index in [1.54, 1.807) is 0 Å². The summed E-state index contributed by atoms with van der Waals surface area (Å²) >= 11 is 0. The lowest BCUT2D eigenvalue weighted by atomic mass is 10.1. The zero-order valence-electron chi connectivity index (χ0n) is 15.7. The van der Waals surface area contributed by atoms with Gasteiger partial charge in [-0.2, -0.15) is 8.78 Å². The second-order valence-electron chi connectivity index (χ2n) is 6.18. The third-order valence-corrected chi connectivity index (χ3v) is 3.92. The van der Waals surface area contributed by atoms with Crippen LogP contribution < -0.4 is 20.7 Å². The van der Waals surface area contributed by atoms with Gasteiger partial charge in [0.1, 0.15) is 5.75 Å². The number of aliphatic hydroxyl groups is 1.